The highest BCUT2D eigenvalue weighted by Crippen LogP contribution is 2.21. The summed E-state index contributed by atoms with van der Waals surface area (Å²) in [5.74, 6) is 0.770. The first kappa shape index (κ1) is 10.9. The second-order valence-corrected chi connectivity index (χ2v) is 4.37. The van der Waals surface area contributed by atoms with E-state index in [1.807, 2.05) is 41.9 Å². The first-order chi connectivity index (χ1) is 8.66. The summed E-state index contributed by atoms with van der Waals surface area (Å²) in [6, 6.07) is 9.76. The van der Waals surface area contributed by atoms with E-state index in [4.69, 9.17) is 12.2 Å². The van der Waals surface area contributed by atoms with Crippen LogP contribution in [0.5, 0.6) is 0 Å². The van der Waals surface area contributed by atoms with E-state index in [0.29, 0.717) is 10.3 Å². The Morgan fingerprint density at radius 3 is 2.67 bits per heavy atom. The van der Waals surface area contributed by atoms with Crippen LogP contribution in [0.15, 0.2) is 35.1 Å². The monoisotopic (exact) mass is 258 g/mol. The van der Waals surface area contributed by atoms with E-state index >= 15 is 0 Å². The molecule has 3 rings (SSSR count). The van der Waals surface area contributed by atoms with Crippen LogP contribution in [0.2, 0.25) is 0 Å². The van der Waals surface area contributed by atoms with Gasteiger partial charge in [-0.2, -0.15) is 0 Å². The van der Waals surface area contributed by atoms with Crippen molar-refractivity contribution >= 4 is 23.4 Å². The van der Waals surface area contributed by atoms with Gasteiger partial charge >= 0.3 is 5.69 Å². The maximum absolute atomic E-state index is 11.3. The minimum Gasteiger partial charge on any atom is -0.323 e. The van der Waals surface area contributed by atoms with Crippen molar-refractivity contribution in [3.8, 4) is 11.4 Å². The zero-order valence-corrected chi connectivity index (χ0v) is 10.4. The molecule has 2 heterocycles. The Bertz CT molecular complexity index is 829. The normalized spacial score (nSPS) is 10.9. The van der Waals surface area contributed by atoms with Gasteiger partial charge in [0, 0.05) is 12.6 Å². The van der Waals surface area contributed by atoms with Crippen LogP contribution < -0.4 is 5.69 Å². The predicted octanol–water partition coefficient (Wildman–Crippen LogP) is 1.99. The van der Waals surface area contributed by atoms with Gasteiger partial charge in [-0.3, -0.25) is 9.97 Å². The standard InChI is InChI=1S/C12H10N4OS/c1-16-8-9(14-12(17)15-11(8)18)13-10(16)7-5-3-2-4-6-7/h2-6H,1H3,(H2,14,15,17,18). The fourth-order valence-electron chi connectivity index (χ4n) is 1.99. The second-order valence-electron chi connectivity index (χ2n) is 3.97. The number of benzene rings is 1. The van der Waals surface area contributed by atoms with Crippen molar-refractivity contribution in [1.82, 2.24) is 19.5 Å². The number of aryl methyl sites for hydroxylation is 1. The molecule has 5 nitrogen and oxygen atoms in total. The van der Waals surface area contributed by atoms with E-state index in [1.165, 1.54) is 0 Å². The zero-order valence-electron chi connectivity index (χ0n) is 9.60. The third-order valence-electron chi connectivity index (χ3n) is 2.80. The predicted molar refractivity (Wildman–Crippen MR) is 72.0 cm³/mol. The summed E-state index contributed by atoms with van der Waals surface area (Å²) in [5, 5.41) is 0. The topological polar surface area (TPSA) is 66.5 Å². The molecule has 0 aliphatic carbocycles. The summed E-state index contributed by atoms with van der Waals surface area (Å²) >= 11 is 5.16. The van der Waals surface area contributed by atoms with Gasteiger partial charge in [0.05, 0.1) is 0 Å². The molecule has 1 aromatic carbocycles. The van der Waals surface area contributed by atoms with Crippen LogP contribution >= 0.6 is 12.2 Å². The number of nitrogens with one attached hydrogen (secondary N) is 2. The Hall–Kier alpha value is -2.21. The Labute approximate surface area is 107 Å². The van der Waals surface area contributed by atoms with E-state index in [1.54, 1.807) is 0 Å². The van der Waals surface area contributed by atoms with Crippen LogP contribution in [0.3, 0.4) is 0 Å². The molecular formula is C12H10N4OS. The van der Waals surface area contributed by atoms with E-state index in [-0.39, 0.29) is 5.69 Å². The summed E-state index contributed by atoms with van der Waals surface area (Å²) < 4.78 is 2.27. The SMILES string of the molecule is Cn1c(-c2ccccc2)nc2[nH]c(=O)[nH]c(=S)c21. The van der Waals surface area contributed by atoms with Crippen molar-refractivity contribution in [2.45, 2.75) is 0 Å². The highest BCUT2D eigenvalue weighted by atomic mass is 32.1. The number of H-pyrrole nitrogens is 2. The average Bonchev–Trinajstić information content (AvgIpc) is 2.67. The maximum Gasteiger partial charge on any atom is 0.325 e. The second kappa shape index (κ2) is 3.92. The zero-order chi connectivity index (χ0) is 12.7. The average molecular weight is 258 g/mol. The molecule has 3 aromatic rings. The molecule has 0 bridgehead atoms. The molecule has 0 spiro atoms. The molecule has 0 fully saturated rings. The number of rotatable bonds is 1. The largest absolute Gasteiger partial charge is 0.325 e. The van der Waals surface area contributed by atoms with Crippen LogP contribution in [-0.2, 0) is 7.05 Å². The van der Waals surface area contributed by atoms with Crippen molar-refractivity contribution < 1.29 is 0 Å². The van der Waals surface area contributed by atoms with Crippen LogP contribution in [0.25, 0.3) is 22.6 Å². The van der Waals surface area contributed by atoms with E-state index < -0.39 is 0 Å². The Kier molecular flexibility index (Phi) is 2.38. The molecule has 0 aliphatic rings. The van der Waals surface area contributed by atoms with Gasteiger partial charge in [-0.15, -0.1) is 0 Å². The molecule has 6 heteroatoms. The number of imidazole rings is 1. The minimum absolute atomic E-state index is 0.342. The van der Waals surface area contributed by atoms with Crippen molar-refractivity contribution in [2.24, 2.45) is 7.05 Å². The lowest BCUT2D eigenvalue weighted by Gasteiger charge is -2.01. The number of hydrogen-bond donors (Lipinski definition) is 2. The fraction of sp³-hybridized carbons (Fsp3) is 0.0833. The Balaban J connectivity index is 2.40. The molecule has 2 N–H and O–H groups in total. The molecular weight excluding hydrogens is 248 g/mol. The van der Waals surface area contributed by atoms with Gasteiger partial charge in [-0.05, 0) is 0 Å². The Morgan fingerprint density at radius 1 is 1.22 bits per heavy atom. The van der Waals surface area contributed by atoms with Gasteiger partial charge in [0.15, 0.2) is 5.65 Å². The summed E-state index contributed by atoms with van der Waals surface area (Å²) in [4.78, 5) is 21.0. The molecule has 0 saturated heterocycles. The van der Waals surface area contributed by atoms with Gasteiger partial charge < -0.3 is 4.57 Å². The number of fused-ring (bicyclic) bond motifs is 1. The lowest BCUT2D eigenvalue weighted by Crippen LogP contribution is -2.10. The summed E-state index contributed by atoms with van der Waals surface area (Å²) in [6.45, 7) is 0. The lowest BCUT2D eigenvalue weighted by atomic mass is 10.2. The maximum atomic E-state index is 11.3. The van der Waals surface area contributed by atoms with Crippen molar-refractivity contribution in [3.05, 3.63) is 45.5 Å². The Morgan fingerprint density at radius 2 is 1.94 bits per heavy atom. The molecule has 90 valence electrons. The molecule has 0 amide bonds. The smallest absolute Gasteiger partial charge is 0.323 e. The fourth-order valence-corrected chi connectivity index (χ4v) is 2.32. The van der Waals surface area contributed by atoms with Gasteiger partial charge in [0.25, 0.3) is 0 Å². The van der Waals surface area contributed by atoms with Crippen LogP contribution in [0, 0.1) is 4.64 Å². The van der Waals surface area contributed by atoms with Gasteiger partial charge in [0.2, 0.25) is 0 Å². The number of aromatic nitrogens is 4. The molecule has 18 heavy (non-hydrogen) atoms. The quantitative estimate of drug-likeness (QED) is 0.656. The molecule has 2 aromatic heterocycles. The third-order valence-corrected chi connectivity index (χ3v) is 3.10. The van der Waals surface area contributed by atoms with E-state index in [0.717, 1.165) is 16.9 Å². The lowest BCUT2D eigenvalue weighted by molar-refractivity contribution is 0.951. The van der Waals surface area contributed by atoms with Gasteiger partial charge in [-0.1, -0.05) is 42.5 Å². The molecule has 0 saturated carbocycles. The first-order valence-electron chi connectivity index (χ1n) is 5.41. The van der Waals surface area contributed by atoms with E-state index in [2.05, 4.69) is 15.0 Å². The molecule has 0 radical (unpaired) electrons. The van der Waals surface area contributed by atoms with Crippen molar-refractivity contribution in [1.29, 1.82) is 0 Å². The van der Waals surface area contributed by atoms with Crippen LogP contribution in [0.4, 0.5) is 0 Å². The first-order valence-corrected chi connectivity index (χ1v) is 5.82. The number of nitrogens with zero attached hydrogens (tertiary/aromatic N) is 2. The van der Waals surface area contributed by atoms with Gasteiger partial charge in [-0.25, -0.2) is 9.78 Å². The molecule has 0 aliphatic heterocycles. The van der Waals surface area contributed by atoms with Gasteiger partial charge in [0.1, 0.15) is 16.0 Å². The number of aromatic amines is 2. The van der Waals surface area contributed by atoms with Crippen LogP contribution in [0.1, 0.15) is 0 Å². The number of hydrogen-bond acceptors (Lipinski definition) is 3. The summed E-state index contributed by atoms with van der Waals surface area (Å²) in [7, 11) is 1.87. The third kappa shape index (κ3) is 1.58. The molecule has 0 unspecified atom stereocenters. The van der Waals surface area contributed by atoms with Crippen molar-refractivity contribution in [3.63, 3.8) is 0 Å². The van der Waals surface area contributed by atoms with Crippen molar-refractivity contribution in [2.75, 3.05) is 0 Å². The van der Waals surface area contributed by atoms with Crippen LogP contribution in [-0.4, -0.2) is 19.5 Å². The highest BCUT2D eigenvalue weighted by molar-refractivity contribution is 7.71. The minimum atomic E-state index is -0.342. The summed E-state index contributed by atoms with van der Waals surface area (Å²) in [5.41, 5.74) is 1.87. The van der Waals surface area contributed by atoms with E-state index in [9.17, 15) is 4.79 Å². The highest BCUT2D eigenvalue weighted by Gasteiger charge is 2.11. The summed E-state index contributed by atoms with van der Waals surface area (Å²) in [6.07, 6.45) is 0. The molecule has 0 atom stereocenters.